The van der Waals surface area contributed by atoms with Gasteiger partial charge in [0.1, 0.15) is 11.5 Å². The maximum Gasteiger partial charge on any atom is 0.142 e. The summed E-state index contributed by atoms with van der Waals surface area (Å²) in [6.07, 6.45) is 0. The fourth-order valence-electron chi connectivity index (χ4n) is 2.51. The molecule has 2 aromatic rings. The smallest absolute Gasteiger partial charge is 0.142 e. The second-order valence-corrected chi connectivity index (χ2v) is 5.29. The van der Waals surface area contributed by atoms with E-state index >= 15 is 0 Å². The molecule has 2 rings (SSSR count). The van der Waals surface area contributed by atoms with Gasteiger partial charge >= 0.3 is 0 Å². The first-order valence-corrected chi connectivity index (χ1v) is 7.06. The fraction of sp³-hybridized carbons (Fsp3) is 0.333. The molecule has 3 nitrogen and oxygen atoms in total. The molecule has 0 bridgehead atoms. The molecule has 0 fully saturated rings. The van der Waals surface area contributed by atoms with Gasteiger partial charge in [-0.25, -0.2) is 0 Å². The molecule has 0 saturated carbocycles. The van der Waals surface area contributed by atoms with Gasteiger partial charge in [-0.15, -0.1) is 0 Å². The summed E-state index contributed by atoms with van der Waals surface area (Å²) in [6.45, 7) is 2.18. The summed E-state index contributed by atoms with van der Waals surface area (Å²) in [7, 11) is 7.41. The van der Waals surface area contributed by atoms with Gasteiger partial charge in [0, 0.05) is 31.6 Å². The van der Waals surface area contributed by atoms with E-state index in [1.807, 2.05) is 31.1 Å². The minimum absolute atomic E-state index is 0.242. The van der Waals surface area contributed by atoms with Gasteiger partial charge in [-0.05, 0) is 11.6 Å². The van der Waals surface area contributed by atoms with Crippen LogP contribution in [0.4, 0.5) is 5.69 Å². The van der Waals surface area contributed by atoms with Crippen LogP contribution in [0.1, 0.15) is 24.0 Å². The van der Waals surface area contributed by atoms with Gasteiger partial charge in [0.05, 0.1) is 19.9 Å². The minimum atomic E-state index is 0.242. The molecule has 0 N–H and O–H groups in total. The van der Waals surface area contributed by atoms with Crippen molar-refractivity contribution in [3.8, 4) is 11.5 Å². The van der Waals surface area contributed by atoms with Crippen molar-refractivity contribution in [1.29, 1.82) is 0 Å². The number of hydrogen-bond donors (Lipinski definition) is 0. The summed E-state index contributed by atoms with van der Waals surface area (Å²) in [5, 5.41) is 0. The first kappa shape index (κ1) is 15.2. The SMILES string of the molecule is COc1cc(N(C)C)c(OC)cc1C(C)c1ccccc1. The predicted octanol–water partition coefficient (Wildman–Crippen LogP) is 3.92. The number of anilines is 1. The molecule has 1 unspecified atom stereocenters. The number of methoxy groups -OCH3 is 2. The monoisotopic (exact) mass is 285 g/mol. The first-order valence-electron chi connectivity index (χ1n) is 7.06. The van der Waals surface area contributed by atoms with Crippen molar-refractivity contribution in [2.24, 2.45) is 0 Å². The van der Waals surface area contributed by atoms with Gasteiger partial charge in [-0.2, -0.15) is 0 Å². The average molecular weight is 285 g/mol. The molecular weight excluding hydrogens is 262 g/mol. The second-order valence-electron chi connectivity index (χ2n) is 5.29. The first-order chi connectivity index (χ1) is 10.1. The second kappa shape index (κ2) is 6.53. The third-order valence-electron chi connectivity index (χ3n) is 3.78. The minimum Gasteiger partial charge on any atom is -0.496 e. The Kier molecular flexibility index (Phi) is 4.73. The van der Waals surface area contributed by atoms with Crippen molar-refractivity contribution in [3.63, 3.8) is 0 Å². The normalized spacial score (nSPS) is 11.9. The zero-order valence-electron chi connectivity index (χ0n) is 13.4. The Hall–Kier alpha value is -2.16. The molecule has 0 saturated heterocycles. The molecule has 21 heavy (non-hydrogen) atoms. The Morgan fingerprint density at radius 3 is 2.05 bits per heavy atom. The fourth-order valence-corrected chi connectivity index (χ4v) is 2.51. The summed E-state index contributed by atoms with van der Waals surface area (Å²) in [5.74, 6) is 1.99. The maximum absolute atomic E-state index is 5.60. The van der Waals surface area contributed by atoms with Crippen molar-refractivity contribution in [2.75, 3.05) is 33.2 Å². The Morgan fingerprint density at radius 2 is 1.52 bits per heavy atom. The summed E-state index contributed by atoms with van der Waals surface area (Å²) >= 11 is 0. The highest BCUT2D eigenvalue weighted by Gasteiger charge is 2.18. The van der Waals surface area contributed by atoms with Crippen LogP contribution in [0.3, 0.4) is 0 Å². The van der Waals surface area contributed by atoms with E-state index in [1.54, 1.807) is 14.2 Å². The van der Waals surface area contributed by atoms with Crippen molar-refractivity contribution in [1.82, 2.24) is 0 Å². The molecule has 0 aliphatic carbocycles. The molecule has 0 heterocycles. The molecule has 0 aliphatic heterocycles. The Labute approximate surface area is 127 Å². The van der Waals surface area contributed by atoms with Crippen LogP contribution in [0.2, 0.25) is 0 Å². The van der Waals surface area contributed by atoms with Crippen LogP contribution in [0.5, 0.6) is 11.5 Å². The van der Waals surface area contributed by atoms with Crippen LogP contribution >= 0.6 is 0 Å². The molecule has 2 aromatic carbocycles. The Morgan fingerprint density at radius 1 is 0.905 bits per heavy atom. The highest BCUT2D eigenvalue weighted by molar-refractivity contribution is 5.64. The summed E-state index contributed by atoms with van der Waals surface area (Å²) in [6, 6.07) is 14.5. The summed E-state index contributed by atoms with van der Waals surface area (Å²) in [5.41, 5.74) is 3.40. The van der Waals surface area contributed by atoms with Gasteiger partial charge in [0.15, 0.2) is 0 Å². The van der Waals surface area contributed by atoms with Crippen molar-refractivity contribution in [2.45, 2.75) is 12.8 Å². The van der Waals surface area contributed by atoms with Crippen molar-refractivity contribution >= 4 is 5.69 Å². The lowest BCUT2D eigenvalue weighted by molar-refractivity contribution is 0.398. The zero-order chi connectivity index (χ0) is 15.4. The third-order valence-corrected chi connectivity index (χ3v) is 3.78. The number of ether oxygens (including phenoxy) is 2. The van der Waals surface area contributed by atoms with Crippen LogP contribution in [-0.2, 0) is 0 Å². The van der Waals surface area contributed by atoms with E-state index in [1.165, 1.54) is 5.56 Å². The average Bonchev–Trinajstić information content (AvgIpc) is 2.53. The Balaban J connectivity index is 2.52. The number of rotatable bonds is 5. The lowest BCUT2D eigenvalue weighted by atomic mass is 9.92. The quantitative estimate of drug-likeness (QED) is 0.831. The maximum atomic E-state index is 5.60. The molecule has 3 heteroatoms. The number of benzene rings is 2. The lowest BCUT2D eigenvalue weighted by Crippen LogP contribution is -2.11. The lowest BCUT2D eigenvalue weighted by Gasteiger charge is -2.22. The molecular formula is C18H23NO2. The van der Waals surface area contributed by atoms with Gasteiger partial charge in [-0.1, -0.05) is 37.3 Å². The topological polar surface area (TPSA) is 21.7 Å². The van der Waals surface area contributed by atoms with Crippen LogP contribution < -0.4 is 14.4 Å². The summed E-state index contributed by atoms with van der Waals surface area (Å²) < 4.78 is 11.1. The van der Waals surface area contributed by atoms with E-state index in [9.17, 15) is 0 Å². The molecule has 0 aliphatic rings. The van der Waals surface area contributed by atoms with Crippen LogP contribution in [0, 0.1) is 0 Å². The third kappa shape index (κ3) is 3.13. The van der Waals surface area contributed by atoms with Crippen LogP contribution in [-0.4, -0.2) is 28.3 Å². The van der Waals surface area contributed by atoms with Gasteiger partial charge in [0.25, 0.3) is 0 Å². The van der Waals surface area contributed by atoms with Crippen LogP contribution in [0.25, 0.3) is 0 Å². The largest absolute Gasteiger partial charge is 0.496 e. The standard InChI is InChI=1S/C18H23NO2/c1-13(14-9-7-6-8-10-14)15-11-18(21-5)16(19(2)3)12-17(15)20-4/h6-13H,1-5H3. The number of nitrogens with zero attached hydrogens (tertiary/aromatic N) is 1. The van der Waals surface area contributed by atoms with E-state index in [2.05, 4.69) is 37.3 Å². The highest BCUT2D eigenvalue weighted by atomic mass is 16.5. The van der Waals surface area contributed by atoms with Crippen LogP contribution in [0.15, 0.2) is 42.5 Å². The van der Waals surface area contributed by atoms with Crippen molar-refractivity contribution < 1.29 is 9.47 Å². The molecule has 0 spiro atoms. The van der Waals surface area contributed by atoms with E-state index in [0.717, 1.165) is 22.7 Å². The highest BCUT2D eigenvalue weighted by Crippen LogP contribution is 2.39. The molecule has 0 aromatic heterocycles. The van der Waals surface area contributed by atoms with Crippen molar-refractivity contribution in [3.05, 3.63) is 53.6 Å². The zero-order valence-corrected chi connectivity index (χ0v) is 13.4. The predicted molar refractivity (Wildman–Crippen MR) is 87.8 cm³/mol. The molecule has 0 radical (unpaired) electrons. The molecule has 0 amide bonds. The Bertz CT molecular complexity index is 594. The number of hydrogen-bond acceptors (Lipinski definition) is 3. The van der Waals surface area contributed by atoms with Gasteiger partial charge in [-0.3, -0.25) is 0 Å². The van der Waals surface area contributed by atoms with Gasteiger partial charge < -0.3 is 14.4 Å². The van der Waals surface area contributed by atoms with Gasteiger partial charge in [0.2, 0.25) is 0 Å². The van der Waals surface area contributed by atoms with E-state index in [-0.39, 0.29) is 5.92 Å². The summed E-state index contributed by atoms with van der Waals surface area (Å²) in [4.78, 5) is 2.03. The van der Waals surface area contributed by atoms with E-state index in [4.69, 9.17) is 9.47 Å². The molecule has 112 valence electrons. The van der Waals surface area contributed by atoms with E-state index in [0.29, 0.717) is 0 Å². The molecule has 1 atom stereocenters. The van der Waals surface area contributed by atoms with E-state index < -0.39 is 0 Å².